The van der Waals surface area contributed by atoms with Gasteiger partial charge in [-0.25, -0.2) is 4.39 Å². The van der Waals surface area contributed by atoms with Gasteiger partial charge in [-0.1, -0.05) is 15.9 Å². The summed E-state index contributed by atoms with van der Waals surface area (Å²) in [5.74, 6) is 0.560. The lowest BCUT2D eigenvalue weighted by Crippen LogP contribution is -2.40. The Morgan fingerprint density at radius 3 is 3.00 bits per heavy atom. The Balaban J connectivity index is 1.81. The topological polar surface area (TPSA) is 15.3 Å². The molecule has 0 bridgehead atoms. The lowest BCUT2D eigenvalue weighted by Gasteiger charge is -2.24. The molecule has 1 aromatic carbocycles. The van der Waals surface area contributed by atoms with Gasteiger partial charge >= 0.3 is 0 Å². The fourth-order valence-corrected chi connectivity index (χ4v) is 3.31. The van der Waals surface area contributed by atoms with Crippen LogP contribution in [-0.4, -0.2) is 25.7 Å². The molecular formula is C13H16BrFN2. The van der Waals surface area contributed by atoms with Crippen molar-refractivity contribution in [3.63, 3.8) is 0 Å². The normalized spacial score (nSPS) is 28.2. The van der Waals surface area contributed by atoms with Gasteiger partial charge < -0.3 is 10.2 Å². The van der Waals surface area contributed by atoms with Crippen LogP contribution in [0.1, 0.15) is 12.8 Å². The van der Waals surface area contributed by atoms with Crippen LogP contribution in [0.3, 0.4) is 0 Å². The largest absolute Gasteiger partial charge is 0.367 e. The van der Waals surface area contributed by atoms with Gasteiger partial charge in [-0.3, -0.25) is 0 Å². The Labute approximate surface area is 109 Å². The summed E-state index contributed by atoms with van der Waals surface area (Å²) in [5, 5.41) is 3.54. The minimum atomic E-state index is -0.127. The zero-order valence-electron chi connectivity index (χ0n) is 9.63. The van der Waals surface area contributed by atoms with Crippen LogP contribution in [0.2, 0.25) is 0 Å². The molecule has 2 aliphatic rings. The Morgan fingerprint density at radius 2 is 2.24 bits per heavy atom. The summed E-state index contributed by atoms with van der Waals surface area (Å²) >= 11 is 3.30. The molecule has 0 saturated carbocycles. The van der Waals surface area contributed by atoms with Gasteiger partial charge in [0.2, 0.25) is 0 Å². The Morgan fingerprint density at radius 1 is 1.35 bits per heavy atom. The molecule has 1 aromatic rings. The maximum absolute atomic E-state index is 13.9. The highest BCUT2D eigenvalue weighted by Crippen LogP contribution is 2.31. The van der Waals surface area contributed by atoms with Gasteiger partial charge in [0, 0.05) is 23.6 Å². The van der Waals surface area contributed by atoms with E-state index in [2.05, 4.69) is 26.1 Å². The number of nitrogens with zero attached hydrogens (tertiary/aromatic N) is 1. The predicted octanol–water partition coefficient (Wildman–Crippen LogP) is 2.78. The van der Waals surface area contributed by atoms with E-state index in [-0.39, 0.29) is 5.82 Å². The zero-order chi connectivity index (χ0) is 11.8. The highest BCUT2D eigenvalue weighted by Gasteiger charge is 2.34. The number of piperidine rings is 1. The van der Waals surface area contributed by atoms with E-state index >= 15 is 0 Å². The number of fused-ring (bicyclic) bond motifs is 1. The second-order valence-electron chi connectivity index (χ2n) is 4.96. The highest BCUT2D eigenvalue weighted by molar-refractivity contribution is 9.10. The monoisotopic (exact) mass is 298 g/mol. The van der Waals surface area contributed by atoms with Gasteiger partial charge in [0.15, 0.2) is 0 Å². The second kappa shape index (κ2) is 4.58. The van der Waals surface area contributed by atoms with E-state index in [1.54, 1.807) is 6.07 Å². The fourth-order valence-electron chi connectivity index (χ4n) is 2.98. The van der Waals surface area contributed by atoms with E-state index in [1.807, 2.05) is 12.1 Å². The first-order valence-electron chi connectivity index (χ1n) is 6.17. The fraction of sp³-hybridized carbons (Fsp3) is 0.538. The molecule has 2 atom stereocenters. The minimum Gasteiger partial charge on any atom is -0.367 e. The van der Waals surface area contributed by atoms with Crippen LogP contribution in [-0.2, 0) is 0 Å². The van der Waals surface area contributed by atoms with E-state index in [4.69, 9.17) is 0 Å². The van der Waals surface area contributed by atoms with Crippen molar-refractivity contribution in [1.82, 2.24) is 5.32 Å². The number of anilines is 1. The third-order valence-electron chi connectivity index (χ3n) is 3.85. The number of hydrogen-bond acceptors (Lipinski definition) is 2. The average Bonchev–Trinajstić information content (AvgIpc) is 2.72. The number of halogens is 2. The number of benzene rings is 1. The standard InChI is InChI=1S/C13H16BrFN2/c14-10-3-4-13(11(15)6-10)17-7-9-2-1-5-16-12(9)8-17/h3-4,6,9,12,16H,1-2,5,7-8H2/t9-,12+/m1/s1. The maximum atomic E-state index is 13.9. The molecule has 0 amide bonds. The van der Waals surface area contributed by atoms with Crippen molar-refractivity contribution in [2.75, 3.05) is 24.5 Å². The summed E-state index contributed by atoms with van der Waals surface area (Å²) in [6.07, 6.45) is 2.52. The van der Waals surface area contributed by atoms with Gasteiger partial charge in [0.25, 0.3) is 0 Å². The first-order chi connectivity index (χ1) is 8.24. The van der Waals surface area contributed by atoms with Crippen molar-refractivity contribution in [2.24, 2.45) is 5.92 Å². The van der Waals surface area contributed by atoms with E-state index in [0.717, 1.165) is 29.8 Å². The van der Waals surface area contributed by atoms with E-state index in [9.17, 15) is 4.39 Å². The predicted molar refractivity (Wildman–Crippen MR) is 70.8 cm³/mol. The molecule has 3 rings (SSSR count). The van der Waals surface area contributed by atoms with Gasteiger partial charge in [0.05, 0.1) is 5.69 Å². The molecule has 2 aliphatic heterocycles. The van der Waals surface area contributed by atoms with Gasteiger partial charge in [-0.2, -0.15) is 0 Å². The van der Waals surface area contributed by atoms with Crippen molar-refractivity contribution < 1.29 is 4.39 Å². The first-order valence-corrected chi connectivity index (χ1v) is 6.97. The number of rotatable bonds is 1. The molecule has 2 heterocycles. The molecular weight excluding hydrogens is 283 g/mol. The Bertz CT molecular complexity index is 410. The highest BCUT2D eigenvalue weighted by atomic mass is 79.9. The van der Waals surface area contributed by atoms with E-state index < -0.39 is 0 Å². The molecule has 0 unspecified atom stereocenters. The number of hydrogen-bond donors (Lipinski definition) is 1. The second-order valence-corrected chi connectivity index (χ2v) is 5.88. The molecule has 2 nitrogen and oxygen atoms in total. The maximum Gasteiger partial charge on any atom is 0.147 e. The Hall–Kier alpha value is -0.610. The summed E-state index contributed by atoms with van der Waals surface area (Å²) in [6.45, 7) is 3.03. The summed E-state index contributed by atoms with van der Waals surface area (Å²) in [7, 11) is 0. The quantitative estimate of drug-likeness (QED) is 0.858. The van der Waals surface area contributed by atoms with Crippen LogP contribution in [0.5, 0.6) is 0 Å². The van der Waals surface area contributed by atoms with Crippen LogP contribution in [0.4, 0.5) is 10.1 Å². The molecule has 0 spiro atoms. The third-order valence-corrected chi connectivity index (χ3v) is 4.34. The molecule has 2 saturated heterocycles. The minimum absolute atomic E-state index is 0.127. The summed E-state index contributed by atoms with van der Waals surface area (Å²) in [4.78, 5) is 2.18. The van der Waals surface area contributed by atoms with Crippen molar-refractivity contribution in [3.05, 3.63) is 28.5 Å². The van der Waals surface area contributed by atoms with Crippen LogP contribution in [0.25, 0.3) is 0 Å². The molecule has 2 fully saturated rings. The smallest absolute Gasteiger partial charge is 0.147 e. The average molecular weight is 299 g/mol. The van der Waals surface area contributed by atoms with E-state index in [0.29, 0.717) is 12.0 Å². The van der Waals surface area contributed by atoms with Crippen LogP contribution in [0, 0.1) is 11.7 Å². The lowest BCUT2D eigenvalue weighted by molar-refractivity contribution is 0.340. The van der Waals surface area contributed by atoms with Crippen molar-refractivity contribution in [2.45, 2.75) is 18.9 Å². The molecule has 17 heavy (non-hydrogen) atoms. The third kappa shape index (κ3) is 2.20. The number of nitrogens with one attached hydrogen (secondary N) is 1. The van der Waals surface area contributed by atoms with E-state index in [1.165, 1.54) is 12.8 Å². The Kier molecular flexibility index (Phi) is 3.09. The first kappa shape index (κ1) is 11.5. The molecule has 0 radical (unpaired) electrons. The summed E-state index contributed by atoms with van der Waals surface area (Å²) < 4.78 is 14.7. The zero-order valence-corrected chi connectivity index (χ0v) is 11.2. The van der Waals surface area contributed by atoms with Crippen LogP contribution in [0.15, 0.2) is 22.7 Å². The molecule has 4 heteroatoms. The molecule has 1 N–H and O–H groups in total. The van der Waals surface area contributed by atoms with Crippen LogP contribution < -0.4 is 10.2 Å². The SMILES string of the molecule is Fc1cc(Br)ccc1N1C[C@H]2CCCN[C@H]2C1. The van der Waals surface area contributed by atoms with Gasteiger partial charge in [-0.15, -0.1) is 0 Å². The molecule has 92 valence electrons. The molecule has 0 aliphatic carbocycles. The van der Waals surface area contributed by atoms with Crippen molar-refractivity contribution in [1.29, 1.82) is 0 Å². The van der Waals surface area contributed by atoms with Gasteiger partial charge in [-0.05, 0) is 43.5 Å². The van der Waals surface area contributed by atoms with Gasteiger partial charge in [0.1, 0.15) is 5.82 Å². The van der Waals surface area contributed by atoms with Crippen molar-refractivity contribution in [3.8, 4) is 0 Å². The molecule has 0 aromatic heterocycles. The summed E-state index contributed by atoms with van der Waals surface area (Å²) in [6, 6.07) is 5.88. The summed E-state index contributed by atoms with van der Waals surface area (Å²) in [5.41, 5.74) is 0.740. The van der Waals surface area contributed by atoms with Crippen LogP contribution >= 0.6 is 15.9 Å². The van der Waals surface area contributed by atoms with Crippen molar-refractivity contribution >= 4 is 21.6 Å². The lowest BCUT2D eigenvalue weighted by atomic mass is 9.94.